The molecule has 0 unspecified atom stereocenters. The maximum absolute atomic E-state index is 5.83. The number of rotatable bonds is 2. The second kappa shape index (κ2) is 6.23. The minimum Gasteiger partial charge on any atom is -0.355 e. The van der Waals surface area contributed by atoms with Crippen LogP contribution in [0, 0.1) is 0 Å². The fourth-order valence-electron chi connectivity index (χ4n) is 1.87. The van der Waals surface area contributed by atoms with Gasteiger partial charge in [-0.15, -0.1) is 12.4 Å². The van der Waals surface area contributed by atoms with Crippen LogP contribution in [-0.4, -0.2) is 36.1 Å². The number of anilines is 1. The van der Waals surface area contributed by atoms with Gasteiger partial charge >= 0.3 is 0 Å². The SMILES string of the molecule is CN(c1cc(Cl)ncn1)[C@@H]1CCCNC1.Cl. The summed E-state index contributed by atoms with van der Waals surface area (Å²) in [5, 5.41) is 3.88. The molecule has 0 spiro atoms. The van der Waals surface area contributed by atoms with E-state index in [0.717, 1.165) is 18.9 Å². The monoisotopic (exact) mass is 262 g/mol. The molecule has 1 atom stereocenters. The van der Waals surface area contributed by atoms with Crippen LogP contribution in [0.15, 0.2) is 12.4 Å². The molecular formula is C10H16Cl2N4. The van der Waals surface area contributed by atoms with Crippen molar-refractivity contribution >= 4 is 29.8 Å². The molecule has 0 amide bonds. The molecule has 0 saturated carbocycles. The number of aromatic nitrogens is 2. The number of hydrogen-bond donors (Lipinski definition) is 1. The summed E-state index contributed by atoms with van der Waals surface area (Å²) in [6.07, 6.45) is 3.92. The van der Waals surface area contributed by atoms with Gasteiger partial charge in [-0.3, -0.25) is 0 Å². The van der Waals surface area contributed by atoms with Gasteiger partial charge in [-0.2, -0.15) is 0 Å². The van der Waals surface area contributed by atoms with Gasteiger partial charge in [-0.05, 0) is 19.4 Å². The molecule has 0 aromatic carbocycles. The molecule has 0 bridgehead atoms. The van der Waals surface area contributed by atoms with Crippen molar-refractivity contribution in [1.29, 1.82) is 0 Å². The molecule has 2 heterocycles. The van der Waals surface area contributed by atoms with Gasteiger partial charge in [0.25, 0.3) is 0 Å². The summed E-state index contributed by atoms with van der Waals surface area (Å²) >= 11 is 5.83. The van der Waals surface area contributed by atoms with Crippen molar-refractivity contribution in [3.05, 3.63) is 17.5 Å². The lowest BCUT2D eigenvalue weighted by atomic mass is 10.1. The molecule has 4 nitrogen and oxygen atoms in total. The van der Waals surface area contributed by atoms with Gasteiger partial charge < -0.3 is 10.2 Å². The van der Waals surface area contributed by atoms with Crippen LogP contribution < -0.4 is 10.2 Å². The van der Waals surface area contributed by atoms with Gasteiger partial charge in [-0.25, -0.2) is 9.97 Å². The zero-order chi connectivity index (χ0) is 10.7. The van der Waals surface area contributed by atoms with Gasteiger partial charge in [0, 0.05) is 25.7 Å². The molecule has 16 heavy (non-hydrogen) atoms. The molecule has 2 rings (SSSR count). The van der Waals surface area contributed by atoms with Crippen LogP contribution in [0.1, 0.15) is 12.8 Å². The van der Waals surface area contributed by atoms with E-state index in [2.05, 4.69) is 27.2 Å². The van der Waals surface area contributed by atoms with Crippen molar-refractivity contribution in [2.45, 2.75) is 18.9 Å². The first-order valence-electron chi connectivity index (χ1n) is 5.18. The molecule has 6 heteroatoms. The Labute approximate surface area is 107 Å². The van der Waals surface area contributed by atoms with Gasteiger partial charge in [0.05, 0.1) is 0 Å². The van der Waals surface area contributed by atoms with E-state index in [0.29, 0.717) is 11.2 Å². The molecule has 1 aromatic rings. The van der Waals surface area contributed by atoms with Crippen LogP contribution >= 0.6 is 24.0 Å². The lowest BCUT2D eigenvalue weighted by molar-refractivity contribution is 0.443. The largest absolute Gasteiger partial charge is 0.355 e. The third-order valence-electron chi connectivity index (χ3n) is 2.80. The van der Waals surface area contributed by atoms with Crippen LogP contribution in [0.4, 0.5) is 5.82 Å². The molecule has 0 aliphatic carbocycles. The Balaban J connectivity index is 0.00000128. The van der Waals surface area contributed by atoms with E-state index in [1.165, 1.54) is 19.2 Å². The predicted molar refractivity (Wildman–Crippen MR) is 68.6 cm³/mol. The summed E-state index contributed by atoms with van der Waals surface area (Å²) in [6, 6.07) is 2.31. The minimum atomic E-state index is 0. The Morgan fingerprint density at radius 1 is 1.50 bits per heavy atom. The Morgan fingerprint density at radius 3 is 2.94 bits per heavy atom. The quantitative estimate of drug-likeness (QED) is 0.825. The highest BCUT2D eigenvalue weighted by molar-refractivity contribution is 6.29. The van der Waals surface area contributed by atoms with E-state index in [1.807, 2.05) is 0 Å². The molecule has 1 saturated heterocycles. The average Bonchev–Trinajstić information content (AvgIpc) is 2.29. The third kappa shape index (κ3) is 3.20. The lowest BCUT2D eigenvalue weighted by Gasteiger charge is -2.32. The molecule has 1 aromatic heterocycles. The fourth-order valence-corrected chi connectivity index (χ4v) is 2.01. The molecule has 90 valence electrons. The molecule has 0 radical (unpaired) electrons. The van der Waals surface area contributed by atoms with Gasteiger partial charge in [0.15, 0.2) is 0 Å². The van der Waals surface area contributed by atoms with Gasteiger partial charge in [-0.1, -0.05) is 11.6 Å². The lowest BCUT2D eigenvalue weighted by Crippen LogP contribution is -2.44. The molecule has 1 aliphatic rings. The van der Waals surface area contributed by atoms with Crippen LogP contribution in [0.25, 0.3) is 0 Å². The van der Waals surface area contributed by atoms with Crippen molar-refractivity contribution in [2.75, 3.05) is 25.0 Å². The zero-order valence-corrected chi connectivity index (χ0v) is 10.8. The van der Waals surface area contributed by atoms with Crippen LogP contribution in [0.2, 0.25) is 5.15 Å². The number of nitrogens with zero attached hydrogens (tertiary/aromatic N) is 3. The number of hydrogen-bond acceptors (Lipinski definition) is 4. The number of piperidine rings is 1. The molecular weight excluding hydrogens is 247 g/mol. The van der Waals surface area contributed by atoms with Crippen LogP contribution in [-0.2, 0) is 0 Å². The minimum absolute atomic E-state index is 0. The summed E-state index contributed by atoms with van der Waals surface area (Å²) in [6.45, 7) is 2.13. The molecule has 1 aliphatic heterocycles. The number of likely N-dealkylation sites (N-methyl/N-ethyl adjacent to an activating group) is 1. The maximum atomic E-state index is 5.83. The van der Waals surface area contributed by atoms with Crippen molar-refractivity contribution in [1.82, 2.24) is 15.3 Å². The normalized spacial score (nSPS) is 20.0. The average molecular weight is 263 g/mol. The van der Waals surface area contributed by atoms with Crippen LogP contribution in [0.3, 0.4) is 0 Å². The van der Waals surface area contributed by atoms with Crippen molar-refractivity contribution in [3.63, 3.8) is 0 Å². The van der Waals surface area contributed by atoms with Crippen molar-refractivity contribution in [3.8, 4) is 0 Å². The van der Waals surface area contributed by atoms with E-state index in [1.54, 1.807) is 6.07 Å². The Morgan fingerprint density at radius 2 is 2.31 bits per heavy atom. The third-order valence-corrected chi connectivity index (χ3v) is 3.01. The summed E-state index contributed by atoms with van der Waals surface area (Å²) in [5.74, 6) is 0.892. The smallest absolute Gasteiger partial charge is 0.134 e. The maximum Gasteiger partial charge on any atom is 0.134 e. The molecule has 1 N–H and O–H groups in total. The highest BCUT2D eigenvalue weighted by Gasteiger charge is 2.18. The highest BCUT2D eigenvalue weighted by atomic mass is 35.5. The van der Waals surface area contributed by atoms with Crippen molar-refractivity contribution < 1.29 is 0 Å². The fraction of sp³-hybridized carbons (Fsp3) is 0.600. The first-order valence-corrected chi connectivity index (χ1v) is 5.56. The van der Waals surface area contributed by atoms with Crippen molar-refractivity contribution in [2.24, 2.45) is 0 Å². The summed E-state index contributed by atoms with van der Waals surface area (Å²) in [5.41, 5.74) is 0. The van der Waals surface area contributed by atoms with E-state index in [9.17, 15) is 0 Å². The summed E-state index contributed by atoms with van der Waals surface area (Å²) < 4.78 is 0. The Kier molecular flexibility index (Phi) is 5.25. The number of nitrogens with one attached hydrogen (secondary N) is 1. The summed E-state index contributed by atoms with van der Waals surface area (Å²) in [7, 11) is 2.05. The predicted octanol–water partition coefficient (Wildman–Crippen LogP) is 1.74. The Hall–Kier alpha value is -0.580. The Bertz CT molecular complexity index is 328. The van der Waals surface area contributed by atoms with E-state index in [-0.39, 0.29) is 12.4 Å². The number of halogens is 2. The topological polar surface area (TPSA) is 41.1 Å². The first-order chi connectivity index (χ1) is 7.27. The van der Waals surface area contributed by atoms with Gasteiger partial charge in [0.2, 0.25) is 0 Å². The second-order valence-electron chi connectivity index (χ2n) is 3.81. The first kappa shape index (κ1) is 13.5. The second-order valence-corrected chi connectivity index (χ2v) is 4.20. The standard InChI is InChI=1S/C10H15ClN4.ClH/c1-15(8-3-2-4-12-6-8)10-5-9(11)13-7-14-10;/h5,7-8,12H,2-4,6H2,1H3;1H/t8-;/m1./s1. The molecule has 1 fully saturated rings. The van der Waals surface area contributed by atoms with E-state index in [4.69, 9.17) is 11.6 Å². The summed E-state index contributed by atoms with van der Waals surface area (Å²) in [4.78, 5) is 10.3. The van der Waals surface area contributed by atoms with Gasteiger partial charge in [0.1, 0.15) is 17.3 Å². The van der Waals surface area contributed by atoms with E-state index < -0.39 is 0 Å². The van der Waals surface area contributed by atoms with Crippen LogP contribution in [0.5, 0.6) is 0 Å². The van der Waals surface area contributed by atoms with E-state index >= 15 is 0 Å². The zero-order valence-electron chi connectivity index (χ0n) is 9.19. The highest BCUT2D eigenvalue weighted by Crippen LogP contribution is 2.18.